The minimum Gasteiger partial charge on any atom is -0.338 e. The highest BCUT2D eigenvalue weighted by Gasteiger charge is 2.22. The van der Waals surface area contributed by atoms with Crippen molar-refractivity contribution in [2.24, 2.45) is 0 Å². The van der Waals surface area contributed by atoms with Crippen LogP contribution in [0.2, 0.25) is 0 Å². The molecule has 0 bridgehead atoms. The highest BCUT2D eigenvalue weighted by Crippen LogP contribution is 2.33. The maximum Gasteiger partial charge on any atom is 0.0645 e. The Kier molecular flexibility index (Phi) is 3.14. The van der Waals surface area contributed by atoms with E-state index in [4.69, 9.17) is 2.74 Å². The molecule has 0 N–H and O–H groups in total. The highest BCUT2D eigenvalue weighted by molar-refractivity contribution is 5.64. The van der Waals surface area contributed by atoms with Crippen molar-refractivity contribution in [3.63, 3.8) is 0 Å². The molecule has 3 rings (SSSR count). The average molecular weight is 253 g/mol. The van der Waals surface area contributed by atoms with Gasteiger partial charge in [0.05, 0.1) is 2.74 Å². The monoisotopic (exact) mass is 253 g/mol. The molecule has 0 aliphatic heterocycles. The fourth-order valence-corrected chi connectivity index (χ4v) is 2.93. The van der Waals surface area contributed by atoms with Gasteiger partial charge in [0, 0.05) is 17.4 Å². The van der Waals surface area contributed by atoms with Gasteiger partial charge in [-0.2, -0.15) is 0 Å². The summed E-state index contributed by atoms with van der Waals surface area (Å²) in [5.41, 5.74) is 1.84. The fourth-order valence-electron chi connectivity index (χ4n) is 2.93. The molecule has 0 spiro atoms. The molecule has 0 atom stereocenters. The predicted molar refractivity (Wildman–Crippen MR) is 81.9 cm³/mol. The van der Waals surface area contributed by atoms with E-state index in [1.54, 1.807) is 0 Å². The molecular formula is C18H21N. The van der Waals surface area contributed by atoms with E-state index in [9.17, 15) is 0 Å². The van der Waals surface area contributed by atoms with E-state index in [1.807, 2.05) is 48.5 Å². The predicted octanol–water partition coefficient (Wildman–Crippen LogP) is 5.16. The number of anilines is 2. The second-order valence-electron chi connectivity index (χ2n) is 5.16. The van der Waals surface area contributed by atoms with Crippen molar-refractivity contribution in [1.82, 2.24) is 0 Å². The lowest BCUT2D eigenvalue weighted by Gasteiger charge is -2.36. The van der Waals surface area contributed by atoms with Crippen LogP contribution in [0.25, 0.3) is 0 Å². The Bertz CT molecular complexity index is 560. The summed E-state index contributed by atoms with van der Waals surface area (Å²) in [6.07, 6.45) is 6.06. The van der Waals surface area contributed by atoms with Gasteiger partial charge in [0.1, 0.15) is 0 Å². The Morgan fingerprint density at radius 2 is 1.37 bits per heavy atom. The number of benzene rings is 2. The molecule has 1 fully saturated rings. The molecule has 1 nitrogen and oxygen atoms in total. The Balaban J connectivity index is 2.07. The average Bonchev–Trinajstić information content (AvgIpc) is 2.52. The second-order valence-corrected chi connectivity index (χ2v) is 5.16. The van der Waals surface area contributed by atoms with Crippen LogP contribution in [0.3, 0.4) is 0 Å². The first-order valence-corrected chi connectivity index (χ1v) is 7.18. The smallest absolute Gasteiger partial charge is 0.0645 e. The quantitative estimate of drug-likeness (QED) is 0.730. The zero-order chi connectivity index (χ0) is 14.7. The Labute approximate surface area is 118 Å². The fraction of sp³-hybridized carbons (Fsp3) is 0.333. The van der Waals surface area contributed by atoms with Crippen molar-refractivity contribution in [2.75, 3.05) is 4.90 Å². The van der Waals surface area contributed by atoms with Crippen LogP contribution in [0, 0.1) is 0 Å². The van der Waals surface area contributed by atoms with Crippen molar-refractivity contribution in [3.8, 4) is 0 Å². The van der Waals surface area contributed by atoms with Crippen LogP contribution >= 0.6 is 0 Å². The lowest BCUT2D eigenvalue weighted by Crippen LogP contribution is -2.32. The topological polar surface area (TPSA) is 3.24 Å². The first kappa shape index (κ1) is 10.1. The van der Waals surface area contributed by atoms with Crippen molar-refractivity contribution < 1.29 is 2.74 Å². The van der Waals surface area contributed by atoms with Gasteiger partial charge in [0.25, 0.3) is 0 Å². The van der Waals surface area contributed by atoms with E-state index in [0.717, 1.165) is 24.2 Å². The Morgan fingerprint density at radius 1 is 0.789 bits per heavy atom. The molecule has 1 heteroatoms. The number of hydrogen-bond acceptors (Lipinski definition) is 1. The van der Waals surface area contributed by atoms with E-state index in [0.29, 0.717) is 18.1 Å². The Hall–Kier alpha value is -1.76. The summed E-state index contributed by atoms with van der Waals surface area (Å²) in [5.74, 6) is 0. The molecule has 2 aromatic carbocycles. The van der Waals surface area contributed by atoms with Gasteiger partial charge in [-0.3, -0.25) is 0 Å². The van der Waals surface area contributed by atoms with Crippen molar-refractivity contribution in [2.45, 2.75) is 38.1 Å². The number of nitrogens with zero attached hydrogens (tertiary/aromatic N) is 1. The SMILES string of the molecule is [2H]c1ccccc1N(c1ccccc1[2H])C1CCCCC1. The second kappa shape index (κ2) is 5.92. The molecular weight excluding hydrogens is 230 g/mol. The molecule has 2 aromatic rings. The van der Waals surface area contributed by atoms with Gasteiger partial charge < -0.3 is 4.90 Å². The summed E-state index contributed by atoms with van der Waals surface area (Å²) in [6, 6.07) is 16.9. The van der Waals surface area contributed by atoms with Gasteiger partial charge in [0.2, 0.25) is 0 Å². The zero-order valence-corrected chi connectivity index (χ0v) is 11.2. The largest absolute Gasteiger partial charge is 0.338 e. The number of para-hydroxylation sites is 2. The van der Waals surface area contributed by atoms with Gasteiger partial charge in [-0.15, -0.1) is 0 Å². The lowest BCUT2D eigenvalue weighted by molar-refractivity contribution is 0.436. The first-order valence-electron chi connectivity index (χ1n) is 8.18. The molecule has 1 aliphatic rings. The molecule has 0 amide bonds. The standard InChI is InChI=1S/C18H21N/c1-4-10-16(11-5-1)19(17-12-6-2-7-13-17)18-14-8-3-9-15-18/h1-2,4-7,10-13,18H,3,8-9,14-15H2/i10D,12D. The van der Waals surface area contributed by atoms with E-state index in [1.165, 1.54) is 19.3 Å². The molecule has 98 valence electrons. The molecule has 0 saturated heterocycles. The Morgan fingerprint density at radius 3 is 1.89 bits per heavy atom. The van der Waals surface area contributed by atoms with Gasteiger partial charge in [0.15, 0.2) is 0 Å². The van der Waals surface area contributed by atoms with Crippen molar-refractivity contribution in [1.29, 1.82) is 0 Å². The summed E-state index contributed by atoms with van der Waals surface area (Å²) < 4.78 is 16.5. The van der Waals surface area contributed by atoms with Gasteiger partial charge in [-0.05, 0) is 37.1 Å². The van der Waals surface area contributed by atoms with Gasteiger partial charge in [-0.1, -0.05) is 55.7 Å². The number of hydrogen-bond donors (Lipinski definition) is 0. The lowest BCUT2D eigenvalue weighted by atomic mass is 9.93. The summed E-state index contributed by atoms with van der Waals surface area (Å²) in [7, 11) is 0. The molecule has 1 saturated carbocycles. The van der Waals surface area contributed by atoms with Crippen molar-refractivity contribution >= 4 is 11.4 Å². The van der Waals surface area contributed by atoms with E-state index < -0.39 is 0 Å². The minimum absolute atomic E-state index is 0.400. The van der Waals surface area contributed by atoms with Crippen LogP contribution in [0.4, 0.5) is 11.4 Å². The van der Waals surface area contributed by atoms with Gasteiger partial charge >= 0.3 is 0 Å². The minimum atomic E-state index is 0.400. The summed E-state index contributed by atoms with van der Waals surface area (Å²) in [5, 5.41) is 0. The zero-order valence-electron chi connectivity index (χ0n) is 13.2. The molecule has 1 aliphatic carbocycles. The van der Waals surface area contributed by atoms with Crippen LogP contribution in [0.1, 0.15) is 34.8 Å². The van der Waals surface area contributed by atoms with E-state index in [-0.39, 0.29) is 0 Å². The van der Waals surface area contributed by atoms with Crippen LogP contribution in [0.5, 0.6) is 0 Å². The first-order chi connectivity index (χ1) is 10.3. The van der Waals surface area contributed by atoms with Crippen LogP contribution in [-0.2, 0) is 0 Å². The molecule has 0 aromatic heterocycles. The third-order valence-electron chi connectivity index (χ3n) is 3.84. The maximum atomic E-state index is 8.24. The summed E-state index contributed by atoms with van der Waals surface area (Å²) >= 11 is 0. The van der Waals surface area contributed by atoms with E-state index >= 15 is 0 Å². The van der Waals surface area contributed by atoms with E-state index in [2.05, 4.69) is 4.90 Å². The highest BCUT2D eigenvalue weighted by atomic mass is 15.2. The number of rotatable bonds is 3. The van der Waals surface area contributed by atoms with Gasteiger partial charge in [-0.25, -0.2) is 0 Å². The molecule has 0 radical (unpaired) electrons. The van der Waals surface area contributed by atoms with Crippen LogP contribution in [0.15, 0.2) is 60.6 Å². The normalized spacial score (nSPS) is 17.7. The molecule has 19 heavy (non-hydrogen) atoms. The molecule has 0 heterocycles. The van der Waals surface area contributed by atoms with Crippen molar-refractivity contribution in [3.05, 3.63) is 60.6 Å². The summed E-state index contributed by atoms with van der Waals surface area (Å²) in [4.78, 5) is 2.23. The van der Waals surface area contributed by atoms with Crippen LogP contribution in [-0.4, -0.2) is 6.04 Å². The molecule has 0 unspecified atom stereocenters. The van der Waals surface area contributed by atoms with Crippen LogP contribution < -0.4 is 4.90 Å². The third kappa shape index (κ3) is 2.81. The third-order valence-corrected chi connectivity index (χ3v) is 3.84. The maximum absolute atomic E-state index is 8.24. The summed E-state index contributed by atoms with van der Waals surface area (Å²) in [6.45, 7) is 0.